The van der Waals surface area contributed by atoms with Crippen LogP contribution in [0.1, 0.15) is 49.5 Å². The van der Waals surface area contributed by atoms with Crippen LogP contribution in [0.3, 0.4) is 0 Å². The maximum Gasteiger partial charge on any atom is 0.407 e. The standard InChI is InChI=1S/C18H26N2O4/c1-11-6-7-12(16(21)23-5)8-15(11)19-13-9-14(10-13)20-17(22)24-18(2,3)4/h6-8,13-14,19H,9-10H2,1-5H3,(H,20,22). The molecule has 0 aromatic heterocycles. The first-order valence-corrected chi connectivity index (χ1v) is 8.13. The van der Waals surface area contributed by atoms with Gasteiger partial charge in [0, 0.05) is 17.8 Å². The van der Waals surface area contributed by atoms with E-state index in [1.54, 1.807) is 12.1 Å². The predicted octanol–water partition coefficient (Wildman–Crippen LogP) is 3.25. The molecule has 1 fully saturated rings. The fourth-order valence-electron chi connectivity index (χ4n) is 2.57. The van der Waals surface area contributed by atoms with Gasteiger partial charge in [0.2, 0.25) is 0 Å². The number of anilines is 1. The molecule has 1 aliphatic rings. The summed E-state index contributed by atoms with van der Waals surface area (Å²) in [7, 11) is 1.37. The van der Waals surface area contributed by atoms with E-state index in [0.717, 1.165) is 24.1 Å². The first-order valence-electron chi connectivity index (χ1n) is 8.13. The highest BCUT2D eigenvalue weighted by molar-refractivity contribution is 5.90. The molecule has 0 heterocycles. The van der Waals surface area contributed by atoms with Crippen molar-refractivity contribution in [2.45, 2.75) is 58.2 Å². The number of benzene rings is 1. The van der Waals surface area contributed by atoms with Crippen LogP contribution in [0, 0.1) is 6.92 Å². The van der Waals surface area contributed by atoms with Gasteiger partial charge in [-0.3, -0.25) is 0 Å². The molecule has 0 spiro atoms. The minimum absolute atomic E-state index is 0.112. The summed E-state index contributed by atoms with van der Waals surface area (Å²) >= 11 is 0. The summed E-state index contributed by atoms with van der Waals surface area (Å²) in [5.41, 5.74) is 2.01. The van der Waals surface area contributed by atoms with E-state index < -0.39 is 5.60 Å². The second-order valence-electron chi connectivity index (χ2n) is 7.18. The summed E-state index contributed by atoms with van der Waals surface area (Å²) in [6.07, 6.45) is 1.26. The number of carbonyl (C=O) groups excluding carboxylic acids is 2. The Bertz CT molecular complexity index is 616. The Morgan fingerprint density at radius 3 is 2.42 bits per heavy atom. The van der Waals surface area contributed by atoms with Crippen LogP contribution in [-0.2, 0) is 9.47 Å². The second kappa shape index (κ2) is 7.11. The van der Waals surface area contributed by atoms with Crippen molar-refractivity contribution in [3.05, 3.63) is 29.3 Å². The number of rotatable bonds is 4. The maximum atomic E-state index is 11.7. The summed E-state index contributed by atoms with van der Waals surface area (Å²) in [5.74, 6) is -0.351. The zero-order chi connectivity index (χ0) is 17.9. The third-order valence-corrected chi connectivity index (χ3v) is 3.88. The van der Waals surface area contributed by atoms with Crippen LogP contribution >= 0.6 is 0 Å². The number of aryl methyl sites for hydroxylation is 1. The normalized spacial score (nSPS) is 19.9. The lowest BCUT2D eigenvalue weighted by atomic mass is 9.86. The average molecular weight is 334 g/mol. The SMILES string of the molecule is COC(=O)c1ccc(C)c(NC2CC(NC(=O)OC(C)(C)C)C2)c1. The van der Waals surface area contributed by atoms with E-state index in [4.69, 9.17) is 9.47 Å². The minimum atomic E-state index is -0.489. The summed E-state index contributed by atoms with van der Waals surface area (Å²) in [5, 5.41) is 6.28. The quantitative estimate of drug-likeness (QED) is 0.827. The van der Waals surface area contributed by atoms with Crippen molar-refractivity contribution in [2.24, 2.45) is 0 Å². The number of carbonyl (C=O) groups is 2. The van der Waals surface area contributed by atoms with Gasteiger partial charge in [0.05, 0.1) is 12.7 Å². The average Bonchev–Trinajstić information content (AvgIpc) is 2.44. The Morgan fingerprint density at radius 2 is 1.83 bits per heavy atom. The van der Waals surface area contributed by atoms with E-state index in [2.05, 4.69) is 10.6 Å². The molecule has 132 valence electrons. The van der Waals surface area contributed by atoms with Crippen molar-refractivity contribution in [1.82, 2.24) is 5.32 Å². The Morgan fingerprint density at radius 1 is 1.17 bits per heavy atom. The van der Waals surface area contributed by atoms with E-state index in [1.807, 2.05) is 33.8 Å². The molecule has 2 N–H and O–H groups in total. The largest absolute Gasteiger partial charge is 0.465 e. The number of alkyl carbamates (subject to hydrolysis) is 1. The predicted molar refractivity (Wildman–Crippen MR) is 92.3 cm³/mol. The van der Waals surface area contributed by atoms with Crippen LogP contribution in [0.4, 0.5) is 10.5 Å². The summed E-state index contributed by atoms with van der Waals surface area (Å²) in [6.45, 7) is 7.51. The van der Waals surface area contributed by atoms with Gasteiger partial charge in [-0.2, -0.15) is 0 Å². The molecule has 1 aliphatic carbocycles. The van der Waals surface area contributed by atoms with Gasteiger partial charge >= 0.3 is 12.1 Å². The molecule has 0 aliphatic heterocycles. The van der Waals surface area contributed by atoms with E-state index >= 15 is 0 Å². The Labute approximate surface area is 142 Å². The summed E-state index contributed by atoms with van der Waals surface area (Å²) < 4.78 is 10.00. The molecule has 0 atom stereocenters. The topological polar surface area (TPSA) is 76.7 Å². The third kappa shape index (κ3) is 4.88. The van der Waals surface area contributed by atoms with Crippen molar-refractivity contribution >= 4 is 17.7 Å². The molecule has 6 heteroatoms. The first kappa shape index (κ1) is 18.1. The number of hydrogen-bond acceptors (Lipinski definition) is 5. The Hall–Kier alpha value is -2.24. The van der Waals surface area contributed by atoms with Crippen molar-refractivity contribution in [1.29, 1.82) is 0 Å². The molecule has 24 heavy (non-hydrogen) atoms. The second-order valence-corrected chi connectivity index (χ2v) is 7.18. The van der Waals surface area contributed by atoms with Crippen LogP contribution in [-0.4, -0.2) is 36.9 Å². The molecule has 0 saturated heterocycles. The van der Waals surface area contributed by atoms with Gasteiger partial charge in [0.25, 0.3) is 0 Å². The minimum Gasteiger partial charge on any atom is -0.465 e. The molecule has 1 aromatic rings. The molecule has 1 saturated carbocycles. The van der Waals surface area contributed by atoms with Gasteiger partial charge in [0.15, 0.2) is 0 Å². The maximum absolute atomic E-state index is 11.7. The fourth-order valence-corrected chi connectivity index (χ4v) is 2.57. The van der Waals surface area contributed by atoms with Gasteiger partial charge in [-0.15, -0.1) is 0 Å². The van der Waals surface area contributed by atoms with Crippen LogP contribution in [0.2, 0.25) is 0 Å². The van der Waals surface area contributed by atoms with Crippen molar-refractivity contribution in [3.63, 3.8) is 0 Å². The number of nitrogens with one attached hydrogen (secondary N) is 2. The molecule has 1 amide bonds. The van der Waals surface area contributed by atoms with Gasteiger partial charge in [-0.05, 0) is 58.2 Å². The van der Waals surface area contributed by atoms with Crippen LogP contribution in [0.5, 0.6) is 0 Å². The van der Waals surface area contributed by atoms with E-state index in [0.29, 0.717) is 5.56 Å². The molecule has 6 nitrogen and oxygen atoms in total. The summed E-state index contributed by atoms with van der Waals surface area (Å²) in [4.78, 5) is 23.4. The molecule has 2 rings (SSSR count). The molecule has 0 bridgehead atoms. The number of esters is 1. The lowest BCUT2D eigenvalue weighted by Gasteiger charge is -2.37. The van der Waals surface area contributed by atoms with Crippen LogP contribution in [0.15, 0.2) is 18.2 Å². The molecule has 0 unspecified atom stereocenters. The van der Waals surface area contributed by atoms with Gasteiger partial charge in [-0.1, -0.05) is 6.07 Å². The van der Waals surface area contributed by atoms with E-state index in [1.165, 1.54) is 7.11 Å². The third-order valence-electron chi connectivity index (χ3n) is 3.88. The van der Waals surface area contributed by atoms with Crippen LogP contribution < -0.4 is 10.6 Å². The number of amides is 1. The Kier molecular flexibility index (Phi) is 5.36. The first-order chi connectivity index (χ1) is 11.2. The monoisotopic (exact) mass is 334 g/mol. The molecule has 1 aromatic carbocycles. The van der Waals surface area contributed by atoms with Crippen LogP contribution in [0.25, 0.3) is 0 Å². The van der Waals surface area contributed by atoms with Crippen molar-refractivity contribution < 1.29 is 19.1 Å². The molecule has 0 radical (unpaired) electrons. The number of hydrogen-bond donors (Lipinski definition) is 2. The highest BCUT2D eigenvalue weighted by atomic mass is 16.6. The number of ether oxygens (including phenoxy) is 2. The van der Waals surface area contributed by atoms with Crippen molar-refractivity contribution in [3.8, 4) is 0 Å². The molecular formula is C18H26N2O4. The summed E-state index contributed by atoms with van der Waals surface area (Å²) in [6, 6.07) is 5.82. The highest BCUT2D eigenvalue weighted by Crippen LogP contribution is 2.27. The van der Waals surface area contributed by atoms with Gasteiger partial charge in [0.1, 0.15) is 5.60 Å². The lowest BCUT2D eigenvalue weighted by Crippen LogP contribution is -2.50. The smallest absolute Gasteiger partial charge is 0.407 e. The zero-order valence-corrected chi connectivity index (χ0v) is 14.9. The Balaban J connectivity index is 1.85. The fraction of sp³-hybridized carbons (Fsp3) is 0.556. The zero-order valence-electron chi connectivity index (χ0n) is 14.9. The number of methoxy groups -OCH3 is 1. The van der Waals surface area contributed by atoms with E-state index in [-0.39, 0.29) is 24.1 Å². The molecular weight excluding hydrogens is 308 g/mol. The van der Waals surface area contributed by atoms with Crippen molar-refractivity contribution in [2.75, 3.05) is 12.4 Å². The highest BCUT2D eigenvalue weighted by Gasteiger charge is 2.31. The van der Waals surface area contributed by atoms with Gasteiger partial charge in [-0.25, -0.2) is 9.59 Å². The van der Waals surface area contributed by atoms with Gasteiger partial charge < -0.3 is 20.1 Å². The lowest BCUT2D eigenvalue weighted by molar-refractivity contribution is 0.0474. The van der Waals surface area contributed by atoms with E-state index in [9.17, 15) is 9.59 Å².